The summed E-state index contributed by atoms with van der Waals surface area (Å²) in [5.41, 5.74) is 5.36. The molecule has 0 radical (unpaired) electrons. The number of hydrogen-bond acceptors (Lipinski definition) is 4. The predicted octanol–water partition coefficient (Wildman–Crippen LogP) is 1.24. The van der Waals surface area contributed by atoms with Gasteiger partial charge in [0.15, 0.2) is 0 Å². The first-order valence-corrected chi connectivity index (χ1v) is 9.01. The van der Waals surface area contributed by atoms with Crippen LogP contribution in [-0.4, -0.2) is 44.8 Å². The van der Waals surface area contributed by atoms with Gasteiger partial charge in [0.25, 0.3) is 0 Å². The Labute approximate surface area is 147 Å². The lowest BCUT2D eigenvalue weighted by Gasteiger charge is -2.31. The van der Waals surface area contributed by atoms with E-state index in [1.54, 1.807) is 18.2 Å². The van der Waals surface area contributed by atoms with E-state index in [1.807, 2.05) is 0 Å². The van der Waals surface area contributed by atoms with Crippen molar-refractivity contribution in [1.29, 1.82) is 0 Å². The summed E-state index contributed by atoms with van der Waals surface area (Å²) >= 11 is 6.00. The summed E-state index contributed by atoms with van der Waals surface area (Å²) < 4.78 is 26.7. The molecule has 1 aromatic rings. The molecule has 0 spiro atoms. The van der Waals surface area contributed by atoms with Crippen LogP contribution in [0.15, 0.2) is 29.2 Å². The van der Waals surface area contributed by atoms with Crippen LogP contribution in [0.3, 0.4) is 0 Å². The number of benzene rings is 1. The van der Waals surface area contributed by atoms with E-state index in [4.69, 9.17) is 17.3 Å². The number of nitrogens with two attached hydrogens (primary N) is 1. The maximum Gasteiger partial charge on any atom is 0.244 e. The van der Waals surface area contributed by atoms with Crippen molar-refractivity contribution >= 4 is 39.9 Å². The Kier molecular flexibility index (Phi) is 7.76. The van der Waals surface area contributed by atoms with E-state index in [-0.39, 0.29) is 40.7 Å². The van der Waals surface area contributed by atoms with Crippen LogP contribution in [0.2, 0.25) is 5.02 Å². The van der Waals surface area contributed by atoms with Crippen molar-refractivity contribution in [1.82, 2.24) is 9.62 Å². The molecule has 1 heterocycles. The van der Waals surface area contributed by atoms with Gasteiger partial charge in [-0.25, -0.2) is 8.42 Å². The molecular weight excluding hydrogens is 361 g/mol. The van der Waals surface area contributed by atoms with E-state index in [9.17, 15) is 13.2 Å². The third-order valence-electron chi connectivity index (χ3n) is 3.65. The molecule has 0 aromatic heterocycles. The van der Waals surface area contributed by atoms with Crippen molar-refractivity contribution in [3.8, 4) is 0 Å². The maximum atomic E-state index is 12.7. The number of hydrogen-bond donors (Lipinski definition) is 2. The molecule has 1 atom stereocenters. The molecule has 2 rings (SSSR count). The van der Waals surface area contributed by atoms with Crippen LogP contribution in [0.25, 0.3) is 0 Å². The first-order chi connectivity index (χ1) is 10.5. The molecular formula is C14H21Cl2N3O3S. The summed E-state index contributed by atoms with van der Waals surface area (Å²) in [6, 6.07) is 6.34. The van der Waals surface area contributed by atoms with Crippen molar-refractivity contribution < 1.29 is 13.2 Å². The maximum absolute atomic E-state index is 12.7. The van der Waals surface area contributed by atoms with E-state index in [0.717, 1.165) is 0 Å². The van der Waals surface area contributed by atoms with Crippen LogP contribution < -0.4 is 11.1 Å². The van der Waals surface area contributed by atoms with Crippen LogP contribution in [0.5, 0.6) is 0 Å². The Bertz CT molecular complexity index is 640. The van der Waals surface area contributed by atoms with Crippen LogP contribution in [-0.2, 0) is 14.8 Å². The van der Waals surface area contributed by atoms with Crippen molar-refractivity contribution in [2.45, 2.75) is 17.7 Å². The second-order valence-electron chi connectivity index (χ2n) is 5.21. The highest BCUT2D eigenvalue weighted by molar-refractivity contribution is 7.89. The Morgan fingerprint density at radius 2 is 2.09 bits per heavy atom. The first kappa shape index (κ1) is 20.2. The third-order valence-corrected chi connectivity index (χ3v) is 6.02. The standard InChI is InChI=1S/C14H20ClN3O3S.ClH/c15-12-5-1-2-6-13(12)22(20,21)18-9-3-4-11(10-18)14(19)17-8-7-16;/h1-2,5-6,11H,3-4,7-10,16H2,(H,17,19);1H. The molecule has 1 fully saturated rings. The number of rotatable bonds is 5. The van der Waals surface area contributed by atoms with E-state index >= 15 is 0 Å². The summed E-state index contributed by atoms with van der Waals surface area (Å²) in [6.45, 7) is 1.32. The molecule has 1 unspecified atom stereocenters. The number of nitrogens with one attached hydrogen (secondary N) is 1. The predicted molar refractivity (Wildman–Crippen MR) is 92.2 cm³/mol. The van der Waals surface area contributed by atoms with Crippen molar-refractivity contribution in [3.05, 3.63) is 29.3 Å². The molecule has 6 nitrogen and oxygen atoms in total. The lowest BCUT2D eigenvalue weighted by molar-refractivity contribution is -0.126. The fourth-order valence-corrected chi connectivity index (χ4v) is 4.52. The van der Waals surface area contributed by atoms with Gasteiger partial charge >= 0.3 is 0 Å². The van der Waals surface area contributed by atoms with E-state index in [0.29, 0.717) is 32.5 Å². The zero-order chi connectivity index (χ0) is 16.2. The van der Waals surface area contributed by atoms with Gasteiger partial charge < -0.3 is 11.1 Å². The zero-order valence-electron chi connectivity index (χ0n) is 12.6. The fourth-order valence-electron chi connectivity index (χ4n) is 2.51. The molecule has 3 N–H and O–H groups in total. The van der Waals surface area contributed by atoms with Gasteiger partial charge in [-0.1, -0.05) is 23.7 Å². The van der Waals surface area contributed by atoms with Gasteiger partial charge in [0.2, 0.25) is 15.9 Å². The lowest BCUT2D eigenvalue weighted by atomic mass is 9.99. The van der Waals surface area contributed by atoms with E-state index in [2.05, 4.69) is 5.32 Å². The topological polar surface area (TPSA) is 92.5 Å². The van der Waals surface area contributed by atoms with Gasteiger partial charge in [-0.05, 0) is 25.0 Å². The minimum atomic E-state index is -3.68. The van der Waals surface area contributed by atoms with Crippen LogP contribution in [0, 0.1) is 5.92 Å². The molecule has 1 aliphatic heterocycles. The average molecular weight is 382 g/mol. The number of nitrogens with zero attached hydrogens (tertiary/aromatic N) is 1. The number of carbonyl (C=O) groups excluding carboxylic acids is 1. The average Bonchev–Trinajstić information content (AvgIpc) is 2.53. The second-order valence-corrected chi connectivity index (χ2v) is 7.53. The number of carbonyl (C=O) groups is 1. The minimum Gasteiger partial charge on any atom is -0.355 e. The van der Waals surface area contributed by atoms with E-state index < -0.39 is 10.0 Å². The summed E-state index contributed by atoms with van der Waals surface area (Å²) in [5.74, 6) is -0.498. The smallest absolute Gasteiger partial charge is 0.244 e. The molecule has 1 amide bonds. The Balaban J connectivity index is 0.00000264. The van der Waals surface area contributed by atoms with Crippen LogP contribution in [0.4, 0.5) is 0 Å². The van der Waals surface area contributed by atoms with Gasteiger partial charge in [0.1, 0.15) is 4.90 Å². The van der Waals surface area contributed by atoms with E-state index in [1.165, 1.54) is 10.4 Å². The normalized spacial score (nSPS) is 19.0. The van der Waals surface area contributed by atoms with Crippen LogP contribution in [0.1, 0.15) is 12.8 Å². The quantitative estimate of drug-likeness (QED) is 0.802. The molecule has 0 saturated carbocycles. The number of piperidine rings is 1. The molecule has 0 aliphatic carbocycles. The summed E-state index contributed by atoms with van der Waals surface area (Å²) in [4.78, 5) is 12.1. The highest BCUT2D eigenvalue weighted by Crippen LogP contribution is 2.28. The Morgan fingerprint density at radius 1 is 1.39 bits per heavy atom. The minimum absolute atomic E-state index is 0. The Morgan fingerprint density at radius 3 is 2.74 bits per heavy atom. The lowest BCUT2D eigenvalue weighted by Crippen LogP contribution is -2.46. The van der Waals surface area contributed by atoms with Gasteiger partial charge in [-0.3, -0.25) is 4.79 Å². The monoisotopic (exact) mass is 381 g/mol. The first-order valence-electron chi connectivity index (χ1n) is 7.19. The van der Waals surface area contributed by atoms with Crippen molar-refractivity contribution in [3.63, 3.8) is 0 Å². The molecule has 1 aliphatic rings. The van der Waals surface area contributed by atoms with Crippen molar-refractivity contribution in [2.75, 3.05) is 26.2 Å². The zero-order valence-corrected chi connectivity index (χ0v) is 15.0. The molecule has 0 bridgehead atoms. The summed E-state index contributed by atoms with van der Waals surface area (Å²) in [5, 5.41) is 2.91. The van der Waals surface area contributed by atoms with Gasteiger partial charge in [-0.2, -0.15) is 4.31 Å². The number of sulfonamides is 1. The highest BCUT2D eigenvalue weighted by atomic mass is 35.5. The van der Waals surface area contributed by atoms with Crippen molar-refractivity contribution in [2.24, 2.45) is 11.7 Å². The molecule has 1 aromatic carbocycles. The molecule has 130 valence electrons. The molecule has 9 heteroatoms. The molecule has 23 heavy (non-hydrogen) atoms. The molecule has 1 saturated heterocycles. The van der Waals surface area contributed by atoms with Gasteiger partial charge in [0.05, 0.1) is 10.9 Å². The number of amides is 1. The second kappa shape index (κ2) is 8.84. The highest BCUT2D eigenvalue weighted by Gasteiger charge is 2.34. The third kappa shape index (κ3) is 4.81. The van der Waals surface area contributed by atoms with Crippen LogP contribution >= 0.6 is 24.0 Å². The largest absolute Gasteiger partial charge is 0.355 e. The Hall–Kier alpha value is -0.860. The summed E-state index contributed by atoms with van der Waals surface area (Å²) in [7, 11) is -3.68. The van der Waals surface area contributed by atoms with Gasteiger partial charge in [-0.15, -0.1) is 12.4 Å². The SMILES string of the molecule is Cl.NCCNC(=O)C1CCCN(S(=O)(=O)c2ccccc2Cl)C1. The fraction of sp³-hybridized carbons (Fsp3) is 0.500. The number of halogens is 2. The van der Waals surface area contributed by atoms with Gasteiger partial charge in [0, 0.05) is 26.2 Å². The summed E-state index contributed by atoms with van der Waals surface area (Å²) in [6.07, 6.45) is 1.31.